The van der Waals surface area contributed by atoms with Crippen molar-refractivity contribution >= 4 is 23.6 Å². The molecule has 1 aliphatic heterocycles. The fourth-order valence-electron chi connectivity index (χ4n) is 3.11. The summed E-state index contributed by atoms with van der Waals surface area (Å²) in [4.78, 5) is 38.8. The Bertz CT molecular complexity index is 724. The highest BCUT2D eigenvalue weighted by Crippen LogP contribution is 2.24. The quantitative estimate of drug-likeness (QED) is 0.850. The SMILES string of the molecule is CNC(=O)c1cccc(NC(=O)C2CCCCN2C(=O)OC(C)(C)C)c1C. The number of ether oxygens (including phenoxy) is 1. The van der Waals surface area contributed by atoms with Gasteiger partial charge >= 0.3 is 6.09 Å². The zero-order valence-corrected chi connectivity index (χ0v) is 16.7. The Hall–Kier alpha value is -2.57. The van der Waals surface area contributed by atoms with Crippen molar-refractivity contribution in [1.82, 2.24) is 10.2 Å². The van der Waals surface area contributed by atoms with Crippen molar-refractivity contribution in [3.05, 3.63) is 29.3 Å². The number of nitrogens with one attached hydrogen (secondary N) is 2. The second-order valence-corrected chi connectivity index (χ2v) is 7.73. The molecule has 148 valence electrons. The van der Waals surface area contributed by atoms with Gasteiger partial charge in [-0.15, -0.1) is 0 Å². The molecule has 1 aliphatic rings. The molecule has 1 fully saturated rings. The third-order valence-corrected chi connectivity index (χ3v) is 4.50. The number of carbonyl (C=O) groups excluding carboxylic acids is 3. The molecule has 0 spiro atoms. The van der Waals surface area contributed by atoms with E-state index in [0.717, 1.165) is 12.8 Å². The Kier molecular flexibility index (Phi) is 6.46. The van der Waals surface area contributed by atoms with E-state index in [1.165, 1.54) is 4.90 Å². The summed E-state index contributed by atoms with van der Waals surface area (Å²) >= 11 is 0. The Balaban J connectivity index is 2.18. The van der Waals surface area contributed by atoms with Crippen molar-refractivity contribution in [2.24, 2.45) is 0 Å². The van der Waals surface area contributed by atoms with Crippen LogP contribution in [0.5, 0.6) is 0 Å². The lowest BCUT2D eigenvalue weighted by atomic mass is 10.0. The summed E-state index contributed by atoms with van der Waals surface area (Å²) in [7, 11) is 1.56. The van der Waals surface area contributed by atoms with Crippen LogP contribution >= 0.6 is 0 Å². The van der Waals surface area contributed by atoms with Gasteiger partial charge in [0.25, 0.3) is 5.91 Å². The minimum Gasteiger partial charge on any atom is -0.444 e. The van der Waals surface area contributed by atoms with Crippen molar-refractivity contribution < 1.29 is 19.1 Å². The maximum absolute atomic E-state index is 12.9. The Morgan fingerprint density at radius 3 is 2.52 bits per heavy atom. The standard InChI is InChI=1S/C20H29N3O4/c1-13-14(17(24)21-5)9-8-10-15(13)22-18(25)16-11-6-7-12-23(16)19(26)27-20(2,3)4/h8-10,16H,6-7,11-12H2,1-5H3,(H,21,24)(H,22,25). The molecule has 27 heavy (non-hydrogen) atoms. The summed E-state index contributed by atoms with van der Waals surface area (Å²) in [6.07, 6.45) is 1.82. The summed E-state index contributed by atoms with van der Waals surface area (Å²) in [5, 5.41) is 5.47. The van der Waals surface area contributed by atoms with Crippen molar-refractivity contribution in [3.8, 4) is 0 Å². The van der Waals surface area contributed by atoms with Crippen LogP contribution < -0.4 is 10.6 Å². The van der Waals surface area contributed by atoms with Gasteiger partial charge in [0.1, 0.15) is 11.6 Å². The van der Waals surface area contributed by atoms with Gasteiger partial charge in [0, 0.05) is 24.8 Å². The van der Waals surface area contributed by atoms with Crippen LogP contribution in [0, 0.1) is 6.92 Å². The van der Waals surface area contributed by atoms with Crippen LogP contribution in [-0.4, -0.2) is 48.0 Å². The lowest BCUT2D eigenvalue weighted by Gasteiger charge is -2.35. The molecule has 0 aromatic heterocycles. The third kappa shape index (κ3) is 5.21. The summed E-state index contributed by atoms with van der Waals surface area (Å²) in [5.41, 5.74) is 1.14. The van der Waals surface area contributed by atoms with Gasteiger partial charge in [-0.2, -0.15) is 0 Å². The second kappa shape index (κ2) is 8.41. The maximum Gasteiger partial charge on any atom is 0.410 e. The molecular weight excluding hydrogens is 346 g/mol. The maximum atomic E-state index is 12.9. The van der Waals surface area contributed by atoms with Gasteiger partial charge in [0.15, 0.2) is 0 Å². The van der Waals surface area contributed by atoms with Gasteiger partial charge < -0.3 is 15.4 Å². The topological polar surface area (TPSA) is 87.7 Å². The zero-order chi connectivity index (χ0) is 20.2. The highest BCUT2D eigenvalue weighted by molar-refractivity contribution is 6.01. The smallest absolute Gasteiger partial charge is 0.410 e. The third-order valence-electron chi connectivity index (χ3n) is 4.50. The van der Waals surface area contributed by atoms with Crippen molar-refractivity contribution in [1.29, 1.82) is 0 Å². The lowest BCUT2D eigenvalue weighted by molar-refractivity contribution is -0.122. The number of piperidine rings is 1. The highest BCUT2D eigenvalue weighted by atomic mass is 16.6. The van der Waals surface area contributed by atoms with Crippen molar-refractivity contribution in [2.45, 2.75) is 58.6 Å². The van der Waals surface area contributed by atoms with Gasteiger partial charge in [-0.25, -0.2) is 4.79 Å². The van der Waals surface area contributed by atoms with Gasteiger partial charge in [-0.1, -0.05) is 6.07 Å². The Labute approximate surface area is 160 Å². The van der Waals surface area contributed by atoms with Crippen LogP contribution in [-0.2, 0) is 9.53 Å². The molecule has 2 rings (SSSR count). The molecule has 1 unspecified atom stereocenters. The van der Waals surface area contributed by atoms with Crippen molar-refractivity contribution in [2.75, 3.05) is 18.9 Å². The Morgan fingerprint density at radius 2 is 1.89 bits per heavy atom. The first-order chi connectivity index (χ1) is 12.6. The molecule has 1 aromatic carbocycles. The van der Waals surface area contributed by atoms with Crippen LogP contribution in [0.15, 0.2) is 18.2 Å². The molecule has 2 N–H and O–H groups in total. The van der Waals surface area contributed by atoms with Gasteiger partial charge in [-0.05, 0) is 64.7 Å². The molecule has 1 heterocycles. The van der Waals surface area contributed by atoms with Crippen LogP contribution in [0.4, 0.5) is 10.5 Å². The number of hydrogen-bond acceptors (Lipinski definition) is 4. The minimum atomic E-state index is -0.617. The molecule has 3 amide bonds. The van der Waals surface area contributed by atoms with Crippen LogP contribution in [0.25, 0.3) is 0 Å². The minimum absolute atomic E-state index is 0.211. The van der Waals surface area contributed by atoms with Gasteiger partial charge in [-0.3, -0.25) is 14.5 Å². The molecule has 1 aromatic rings. The Morgan fingerprint density at radius 1 is 1.19 bits per heavy atom. The van der Waals surface area contributed by atoms with E-state index in [1.54, 1.807) is 52.9 Å². The predicted octanol–water partition coefficient (Wildman–Crippen LogP) is 3.08. The highest BCUT2D eigenvalue weighted by Gasteiger charge is 2.35. The van der Waals surface area contributed by atoms with E-state index in [0.29, 0.717) is 29.8 Å². The predicted molar refractivity (Wildman–Crippen MR) is 104 cm³/mol. The monoisotopic (exact) mass is 375 g/mol. The number of nitrogens with zero attached hydrogens (tertiary/aromatic N) is 1. The molecule has 0 bridgehead atoms. The summed E-state index contributed by atoms with van der Waals surface area (Å²) < 4.78 is 5.45. The lowest BCUT2D eigenvalue weighted by Crippen LogP contribution is -2.51. The van der Waals surface area contributed by atoms with Crippen LogP contribution in [0.1, 0.15) is 56.0 Å². The molecule has 1 atom stereocenters. The van der Waals surface area contributed by atoms with E-state index in [-0.39, 0.29) is 11.8 Å². The number of amides is 3. The summed E-state index contributed by atoms with van der Waals surface area (Å²) in [5.74, 6) is -0.477. The number of likely N-dealkylation sites (tertiary alicyclic amines) is 1. The second-order valence-electron chi connectivity index (χ2n) is 7.73. The largest absolute Gasteiger partial charge is 0.444 e. The van der Waals surface area contributed by atoms with E-state index < -0.39 is 17.7 Å². The summed E-state index contributed by atoms with van der Waals surface area (Å²) in [6, 6.07) is 4.59. The number of hydrogen-bond donors (Lipinski definition) is 2. The van der Waals surface area contributed by atoms with Crippen LogP contribution in [0.3, 0.4) is 0 Å². The molecule has 1 saturated heterocycles. The molecule has 7 heteroatoms. The van der Waals surface area contributed by atoms with E-state index in [2.05, 4.69) is 10.6 Å². The van der Waals surface area contributed by atoms with E-state index >= 15 is 0 Å². The van der Waals surface area contributed by atoms with E-state index in [4.69, 9.17) is 4.74 Å². The fraction of sp³-hybridized carbons (Fsp3) is 0.550. The van der Waals surface area contributed by atoms with Crippen LogP contribution in [0.2, 0.25) is 0 Å². The number of anilines is 1. The average Bonchev–Trinajstić information content (AvgIpc) is 2.61. The van der Waals surface area contributed by atoms with Gasteiger partial charge in [0.05, 0.1) is 0 Å². The van der Waals surface area contributed by atoms with E-state index in [1.807, 2.05) is 0 Å². The first kappa shape index (κ1) is 20.7. The average molecular weight is 375 g/mol. The molecule has 0 aliphatic carbocycles. The van der Waals surface area contributed by atoms with Gasteiger partial charge in [0.2, 0.25) is 5.91 Å². The van der Waals surface area contributed by atoms with Crippen molar-refractivity contribution in [3.63, 3.8) is 0 Å². The molecule has 0 radical (unpaired) electrons. The number of carbonyl (C=O) groups is 3. The fourth-order valence-corrected chi connectivity index (χ4v) is 3.11. The first-order valence-corrected chi connectivity index (χ1v) is 9.26. The van der Waals surface area contributed by atoms with E-state index in [9.17, 15) is 14.4 Å². The first-order valence-electron chi connectivity index (χ1n) is 9.26. The number of benzene rings is 1. The number of rotatable bonds is 3. The molecular formula is C20H29N3O4. The molecule has 7 nitrogen and oxygen atoms in total. The summed E-state index contributed by atoms with van der Waals surface area (Å²) in [6.45, 7) is 7.68. The molecule has 0 saturated carbocycles. The zero-order valence-electron chi connectivity index (χ0n) is 16.7. The normalized spacial score (nSPS) is 17.2.